The molecule has 1 atom stereocenters. The third kappa shape index (κ3) is 4.63. The van der Waals surface area contributed by atoms with Crippen molar-refractivity contribution in [3.8, 4) is 5.75 Å². The van der Waals surface area contributed by atoms with Crippen molar-refractivity contribution in [1.29, 1.82) is 0 Å². The average Bonchev–Trinajstić information content (AvgIpc) is 2.42. The number of nitrogens with one attached hydrogen (secondary N) is 1. The second kappa shape index (κ2) is 7.55. The Bertz CT molecular complexity index is 357. The van der Waals surface area contributed by atoms with Crippen LogP contribution in [0.3, 0.4) is 0 Å². The van der Waals surface area contributed by atoms with Crippen LogP contribution < -0.4 is 10.1 Å². The molecule has 5 heteroatoms. The molecule has 0 heterocycles. The maximum Gasteiger partial charge on any atom is 0.317 e. The summed E-state index contributed by atoms with van der Waals surface area (Å²) in [7, 11) is 1.65. The lowest BCUT2D eigenvalue weighted by Gasteiger charge is -2.23. The van der Waals surface area contributed by atoms with Crippen LogP contribution in [-0.2, 0) is 0 Å². The van der Waals surface area contributed by atoms with Gasteiger partial charge in [0.05, 0.1) is 19.2 Å². The Labute approximate surface area is 107 Å². The summed E-state index contributed by atoms with van der Waals surface area (Å²) in [6.07, 6.45) is 0. The first-order valence-electron chi connectivity index (χ1n) is 5.94. The second-order valence-electron chi connectivity index (χ2n) is 4.04. The van der Waals surface area contributed by atoms with Gasteiger partial charge < -0.3 is 20.1 Å². The van der Waals surface area contributed by atoms with Crippen LogP contribution in [0.1, 0.15) is 6.92 Å². The summed E-state index contributed by atoms with van der Waals surface area (Å²) in [6, 6.07) is 9.02. The molecule has 1 unspecified atom stereocenters. The lowest BCUT2D eigenvalue weighted by molar-refractivity contribution is 0.156. The number of aliphatic hydroxyl groups is 1. The Morgan fingerprint density at radius 1 is 1.44 bits per heavy atom. The number of urea groups is 1. The Morgan fingerprint density at radius 3 is 2.72 bits per heavy atom. The van der Waals surface area contributed by atoms with Crippen molar-refractivity contribution in [3.63, 3.8) is 0 Å². The molecule has 0 aliphatic carbocycles. The summed E-state index contributed by atoms with van der Waals surface area (Å²) in [5, 5.41) is 11.6. The molecule has 0 aliphatic heterocycles. The lowest BCUT2D eigenvalue weighted by atomic mass is 10.3. The number of nitrogens with zero attached hydrogens (tertiary/aromatic N) is 1. The smallest absolute Gasteiger partial charge is 0.317 e. The number of amides is 2. The second-order valence-corrected chi connectivity index (χ2v) is 4.04. The minimum Gasteiger partial charge on any atom is -0.492 e. The number of hydrogen-bond donors (Lipinski definition) is 2. The number of carbonyl (C=O) groups excluding carboxylic acids is 1. The van der Waals surface area contributed by atoms with E-state index in [1.165, 1.54) is 4.90 Å². The highest BCUT2D eigenvalue weighted by molar-refractivity contribution is 5.74. The third-order valence-electron chi connectivity index (χ3n) is 2.64. The van der Waals surface area contributed by atoms with Gasteiger partial charge in [0.25, 0.3) is 0 Å². The fourth-order valence-electron chi connectivity index (χ4n) is 1.29. The predicted molar refractivity (Wildman–Crippen MR) is 69.6 cm³/mol. The molecule has 2 N–H and O–H groups in total. The van der Waals surface area contributed by atoms with E-state index in [-0.39, 0.29) is 18.7 Å². The van der Waals surface area contributed by atoms with Crippen molar-refractivity contribution in [2.45, 2.75) is 13.0 Å². The van der Waals surface area contributed by atoms with Gasteiger partial charge >= 0.3 is 6.03 Å². The summed E-state index contributed by atoms with van der Waals surface area (Å²) in [5.41, 5.74) is 0. The van der Waals surface area contributed by atoms with E-state index >= 15 is 0 Å². The first-order chi connectivity index (χ1) is 8.65. The normalized spacial score (nSPS) is 11.7. The van der Waals surface area contributed by atoms with E-state index in [1.807, 2.05) is 30.3 Å². The van der Waals surface area contributed by atoms with Gasteiger partial charge in [-0.05, 0) is 19.1 Å². The highest BCUT2D eigenvalue weighted by Gasteiger charge is 2.13. The van der Waals surface area contributed by atoms with E-state index in [2.05, 4.69) is 5.32 Å². The van der Waals surface area contributed by atoms with Crippen LogP contribution in [0.5, 0.6) is 5.75 Å². The molecule has 5 nitrogen and oxygen atoms in total. The molecule has 1 aromatic rings. The van der Waals surface area contributed by atoms with Gasteiger partial charge in [0, 0.05) is 7.05 Å². The Morgan fingerprint density at radius 2 is 2.11 bits per heavy atom. The van der Waals surface area contributed by atoms with Gasteiger partial charge in [-0.2, -0.15) is 0 Å². The zero-order chi connectivity index (χ0) is 13.4. The zero-order valence-corrected chi connectivity index (χ0v) is 10.8. The molecule has 0 radical (unpaired) electrons. The quantitative estimate of drug-likeness (QED) is 0.745. The Balaban J connectivity index is 2.20. The first kappa shape index (κ1) is 14.3. The minimum atomic E-state index is -0.215. The van der Waals surface area contributed by atoms with Gasteiger partial charge in [0.15, 0.2) is 0 Å². The number of hydrogen-bond acceptors (Lipinski definition) is 3. The Kier molecular flexibility index (Phi) is 6.00. The molecule has 0 bridgehead atoms. The molecular weight excluding hydrogens is 232 g/mol. The van der Waals surface area contributed by atoms with Crippen LogP contribution >= 0.6 is 0 Å². The molecule has 0 spiro atoms. The number of ether oxygens (including phenoxy) is 1. The summed E-state index contributed by atoms with van der Waals surface area (Å²) in [5.74, 6) is 0.781. The van der Waals surface area contributed by atoms with E-state index in [9.17, 15) is 4.79 Å². The van der Waals surface area contributed by atoms with Gasteiger partial charge in [0.2, 0.25) is 0 Å². The van der Waals surface area contributed by atoms with E-state index in [0.29, 0.717) is 13.2 Å². The first-order valence-corrected chi connectivity index (χ1v) is 5.94. The van der Waals surface area contributed by atoms with Crippen LogP contribution in [0, 0.1) is 0 Å². The van der Waals surface area contributed by atoms with Crippen LogP contribution in [0.2, 0.25) is 0 Å². The molecule has 100 valence electrons. The van der Waals surface area contributed by atoms with Gasteiger partial charge in [-0.3, -0.25) is 0 Å². The molecule has 0 saturated carbocycles. The topological polar surface area (TPSA) is 61.8 Å². The van der Waals surface area contributed by atoms with Gasteiger partial charge in [-0.15, -0.1) is 0 Å². The monoisotopic (exact) mass is 252 g/mol. The predicted octanol–water partition coefficient (Wildman–Crippen LogP) is 1.09. The van der Waals surface area contributed by atoms with E-state index < -0.39 is 0 Å². The lowest BCUT2D eigenvalue weighted by Crippen LogP contribution is -2.44. The largest absolute Gasteiger partial charge is 0.492 e. The Hall–Kier alpha value is -1.75. The number of likely N-dealkylation sites (N-methyl/N-ethyl adjacent to an activating group) is 1. The molecule has 2 amide bonds. The molecule has 0 aromatic heterocycles. The fourth-order valence-corrected chi connectivity index (χ4v) is 1.29. The summed E-state index contributed by atoms with van der Waals surface area (Å²) < 4.78 is 5.44. The van der Waals surface area contributed by atoms with E-state index in [1.54, 1.807) is 14.0 Å². The van der Waals surface area contributed by atoms with Crippen LogP contribution in [0.15, 0.2) is 30.3 Å². The van der Waals surface area contributed by atoms with Gasteiger partial charge in [-0.1, -0.05) is 18.2 Å². The molecule has 1 rings (SSSR count). The molecule has 0 aliphatic rings. The molecule has 0 fully saturated rings. The molecule has 1 aromatic carbocycles. The van der Waals surface area contributed by atoms with Crippen molar-refractivity contribution >= 4 is 6.03 Å². The maximum absolute atomic E-state index is 11.6. The fraction of sp³-hybridized carbons (Fsp3) is 0.462. The number of rotatable bonds is 6. The third-order valence-corrected chi connectivity index (χ3v) is 2.64. The highest BCUT2D eigenvalue weighted by atomic mass is 16.5. The van der Waals surface area contributed by atoms with Gasteiger partial charge in [0.1, 0.15) is 12.4 Å². The number of benzene rings is 1. The van der Waals surface area contributed by atoms with Crippen molar-refractivity contribution in [3.05, 3.63) is 30.3 Å². The van der Waals surface area contributed by atoms with Crippen LogP contribution in [0.25, 0.3) is 0 Å². The zero-order valence-electron chi connectivity index (χ0n) is 10.8. The highest BCUT2D eigenvalue weighted by Crippen LogP contribution is 2.07. The van der Waals surface area contributed by atoms with Crippen molar-refractivity contribution in [2.75, 3.05) is 26.8 Å². The molecular formula is C13H20N2O3. The summed E-state index contributed by atoms with van der Waals surface area (Å²) >= 11 is 0. The minimum absolute atomic E-state index is 0.0512. The van der Waals surface area contributed by atoms with Crippen LogP contribution in [0.4, 0.5) is 4.79 Å². The number of para-hydroxylation sites is 1. The van der Waals surface area contributed by atoms with Crippen molar-refractivity contribution < 1.29 is 14.6 Å². The molecule has 18 heavy (non-hydrogen) atoms. The van der Waals surface area contributed by atoms with Crippen molar-refractivity contribution in [1.82, 2.24) is 10.2 Å². The maximum atomic E-state index is 11.6. The standard InChI is InChI=1S/C13H20N2O3/c1-11(10-16)15(2)13(17)14-8-9-18-12-6-4-3-5-7-12/h3-7,11,16H,8-10H2,1-2H3,(H,14,17). The number of carbonyl (C=O) groups is 1. The van der Waals surface area contributed by atoms with E-state index in [4.69, 9.17) is 9.84 Å². The van der Waals surface area contributed by atoms with Crippen molar-refractivity contribution in [2.24, 2.45) is 0 Å². The summed E-state index contributed by atoms with van der Waals surface area (Å²) in [6.45, 7) is 2.57. The number of aliphatic hydroxyl groups excluding tert-OH is 1. The van der Waals surface area contributed by atoms with E-state index in [0.717, 1.165) is 5.75 Å². The summed E-state index contributed by atoms with van der Waals surface area (Å²) in [4.78, 5) is 13.1. The van der Waals surface area contributed by atoms with Gasteiger partial charge in [-0.25, -0.2) is 4.79 Å². The van der Waals surface area contributed by atoms with Crippen LogP contribution in [-0.4, -0.2) is 48.9 Å². The molecule has 0 saturated heterocycles. The SMILES string of the molecule is CC(CO)N(C)C(=O)NCCOc1ccccc1. The average molecular weight is 252 g/mol.